The number of nitrogens with zero attached hydrogens (tertiary/aromatic N) is 3. The first kappa shape index (κ1) is 6.54. The lowest BCUT2D eigenvalue weighted by atomic mass is 10.5. The molecule has 5 heteroatoms. The van der Waals surface area contributed by atoms with E-state index in [1.165, 1.54) is 4.52 Å². The Hall–Kier alpha value is -1.16. The molecule has 0 fully saturated rings. The SMILES string of the molecule is Cc1cc2nc(Cl)cn2n1O. The van der Waals surface area contributed by atoms with E-state index in [-0.39, 0.29) is 0 Å². The van der Waals surface area contributed by atoms with E-state index in [0.717, 1.165) is 10.5 Å². The van der Waals surface area contributed by atoms with Crippen molar-refractivity contribution >= 4 is 17.2 Å². The average Bonchev–Trinajstić information content (AvgIpc) is 2.37. The Bertz CT molecular complexity index is 403. The van der Waals surface area contributed by atoms with Crippen LogP contribution in [0.1, 0.15) is 5.69 Å². The molecular formula is C6H6ClN3O. The third-order valence-corrected chi connectivity index (χ3v) is 1.72. The summed E-state index contributed by atoms with van der Waals surface area (Å²) in [6, 6.07) is 1.74. The van der Waals surface area contributed by atoms with Gasteiger partial charge in [-0.2, -0.15) is 0 Å². The summed E-state index contributed by atoms with van der Waals surface area (Å²) in [5.74, 6) is 0. The fraction of sp³-hybridized carbons (Fsp3) is 0.167. The number of hydrogen-bond acceptors (Lipinski definition) is 2. The number of hydrogen-bond donors (Lipinski definition) is 1. The highest BCUT2D eigenvalue weighted by Gasteiger charge is 2.05. The highest BCUT2D eigenvalue weighted by molar-refractivity contribution is 6.29. The molecule has 2 heterocycles. The first-order valence-electron chi connectivity index (χ1n) is 3.11. The molecule has 4 nitrogen and oxygen atoms in total. The van der Waals surface area contributed by atoms with Gasteiger partial charge in [-0.1, -0.05) is 11.6 Å². The lowest BCUT2D eigenvalue weighted by molar-refractivity contribution is 0.131. The zero-order valence-electron chi connectivity index (χ0n) is 5.82. The van der Waals surface area contributed by atoms with Crippen LogP contribution >= 0.6 is 11.6 Å². The number of fused-ring (bicyclic) bond motifs is 1. The standard InChI is InChI=1S/C6H6ClN3O/c1-4-2-6-8-5(7)3-9(6)10(4)11/h2-3,11H,1H3. The normalized spacial score (nSPS) is 11.1. The maximum absolute atomic E-state index is 9.29. The Labute approximate surface area is 67.6 Å². The second-order valence-corrected chi connectivity index (χ2v) is 2.73. The summed E-state index contributed by atoms with van der Waals surface area (Å²) >= 11 is 5.59. The molecule has 0 saturated carbocycles. The summed E-state index contributed by atoms with van der Waals surface area (Å²) in [5.41, 5.74) is 1.37. The second-order valence-electron chi connectivity index (χ2n) is 2.34. The van der Waals surface area contributed by atoms with Crippen LogP contribution in [0.15, 0.2) is 12.3 Å². The zero-order valence-corrected chi connectivity index (χ0v) is 6.58. The molecule has 0 amide bonds. The Morgan fingerprint density at radius 2 is 2.36 bits per heavy atom. The van der Waals surface area contributed by atoms with Gasteiger partial charge < -0.3 is 5.21 Å². The van der Waals surface area contributed by atoms with Gasteiger partial charge in [0.05, 0.1) is 11.9 Å². The summed E-state index contributed by atoms with van der Waals surface area (Å²) in [6.07, 6.45) is 1.55. The smallest absolute Gasteiger partial charge is 0.158 e. The Kier molecular flexibility index (Phi) is 1.14. The molecule has 2 aromatic rings. The van der Waals surface area contributed by atoms with Gasteiger partial charge in [-0.3, -0.25) is 0 Å². The van der Waals surface area contributed by atoms with Crippen LogP contribution in [0.2, 0.25) is 5.15 Å². The molecule has 1 N–H and O–H groups in total. The summed E-state index contributed by atoms with van der Waals surface area (Å²) < 4.78 is 1.47. The molecule has 11 heavy (non-hydrogen) atoms. The molecule has 0 bridgehead atoms. The van der Waals surface area contributed by atoms with Gasteiger partial charge in [0.25, 0.3) is 0 Å². The molecule has 0 aromatic carbocycles. The van der Waals surface area contributed by atoms with Crippen LogP contribution < -0.4 is 0 Å². The Morgan fingerprint density at radius 1 is 1.64 bits per heavy atom. The van der Waals surface area contributed by atoms with E-state index in [4.69, 9.17) is 11.6 Å². The van der Waals surface area contributed by atoms with Crippen molar-refractivity contribution in [3.63, 3.8) is 0 Å². The van der Waals surface area contributed by atoms with Crippen molar-refractivity contribution in [1.29, 1.82) is 0 Å². The lowest BCUT2D eigenvalue weighted by Gasteiger charge is -1.93. The molecule has 0 unspecified atom stereocenters. The van der Waals surface area contributed by atoms with E-state index in [1.807, 2.05) is 0 Å². The molecule has 58 valence electrons. The quantitative estimate of drug-likeness (QED) is 0.608. The summed E-state index contributed by atoms with van der Waals surface area (Å²) in [7, 11) is 0. The van der Waals surface area contributed by atoms with Crippen LogP contribution in [-0.2, 0) is 0 Å². The van der Waals surface area contributed by atoms with Crippen molar-refractivity contribution in [2.45, 2.75) is 6.92 Å². The van der Waals surface area contributed by atoms with E-state index < -0.39 is 0 Å². The van der Waals surface area contributed by atoms with Gasteiger partial charge in [-0.15, -0.1) is 4.85 Å². The van der Waals surface area contributed by atoms with Crippen LogP contribution in [0.3, 0.4) is 0 Å². The topological polar surface area (TPSA) is 42.5 Å². The first-order valence-corrected chi connectivity index (χ1v) is 3.49. The monoisotopic (exact) mass is 171 g/mol. The minimum Gasteiger partial charge on any atom is -0.413 e. The largest absolute Gasteiger partial charge is 0.413 e. The van der Waals surface area contributed by atoms with Crippen molar-refractivity contribution in [3.05, 3.63) is 23.1 Å². The van der Waals surface area contributed by atoms with E-state index in [0.29, 0.717) is 10.8 Å². The summed E-state index contributed by atoms with van der Waals surface area (Å²) in [4.78, 5) is 4.94. The fourth-order valence-electron chi connectivity index (χ4n) is 1.02. The Balaban J connectivity index is 2.88. The third kappa shape index (κ3) is 0.793. The molecule has 2 rings (SSSR count). The van der Waals surface area contributed by atoms with Gasteiger partial charge in [-0.25, -0.2) is 9.50 Å². The fourth-order valence-corrected chi connectivity index (χ4v) is 1.20. The van der Waals surface area contributed by atoms with Crippen LogP contribution in [0.25, 0.3) is 5.65 Å². The van der Waals surface area contributed by atoms with E-state index in [2.05, 4.69) is 4.98 Å². The van der Waals surface area contributed by atoms with E-state index in [1.54, 1.807) is 19.2 Å². The summed E-state index contributed by atoms with van der Waals surface area (Å²) in [5, 5.41) is 9.67. The minimum absolute atomic E-state index is 0.378. The highest BCUT2D eigenvalue weighted by Crippen LogP contribution is 2.11. The molecule has 2 aromatic heterocycles. The maximum Gasteiger partial charge on any atom is 0.158 e. The number of aryl methyl sites for hydroxylation is 1. The van der Waals surface area contributed by atoms with Crippen molar-refractivity contribution in [1.82, 2.24) is 14.3 Å². The molecule has 0 atom stereocenters. The molecule has 0 saturated heterocycles. The van der Waals surface area contributed by atoms with Gasteiger partial charge in [0.2, 0.25) is 0 Å². The maximum atomic E-state index is 9.29. The molecular weight excluding hydrogens is 166 g/mol. The number of imidazole rings is 1. The van der Waals surface area contributed by atoms with E-state index >= 15 is 0 Å². The number of halogens is 1. The molecule has 0 aliphatic rings. The van der Waals surface area contributed by atoms with E-state index in [9.17, 15) is 5.21 Å². The third-order valence-electron chi connectivity index (χ3n) is 1.54. The van der Waals surface area contributed by atoms with Crippen LogP contribution in [-0.4, -0.2) is 19.6 Å². The van der Waals surface area contributed by atoms with Crippen molar-refractivity contribution in [2.75, 3.05) is 0 Å². The molecule has 0 aliphatic heterocycles. The van der Waals surface area contributed by atoms with Gasteiger partial charge in [-0.05, 0) is 6.92 Å². The van der Waals surface area contributed by atoms with Gasteiger partial charge in [0, 0.05) is 6.07 Å². The first-order chi connectivity index (χ1) is 5.18. The van der Waals surface area contributed by atoms with Crippen LogP contribution in [0.5, 0.6) is 0 Å². The predicted molar refractivity (Wildman–Crippen MR) is 40.1 cm³/mol. The highest BCUT2D eigenvalue weighted by atomic mass is 35.5. The molecule has 0 aliphatic carbocycles. The second kappa shape index (κ2) is 1.92. The van der Waals surface area contributed by atoms with Crippen LogP contribution in [0.4, 0.5) is 0 Å². The minimum atomic E-state index is 0.378. The predicted octanol–water partition coefficient (Wildman–Crippen LogP) is 1.33. The van der Waals surface area contributed by atoms with Gasteiger partial charge >= 0.3 is 0 Å². The zero-order chi connectivity index (χ0) is 8.01. The van der Waals surface area contributed by atoms with Crippen molar-refractivity contribution in [3.8, 4) is 0 Å². The number of rotatable bonds is 0. The van der Waals surface area contributed by atoms with Crippen molar-refractivity contribution in [2.24, 2.45) is 0 Å². The van der Waals surface area contributed by atoms with Crippen LogP contribution in [0, 0.1) is 6.92 Å². The average molecular weight is 172 g/mol. The molecule has 0 spiro atoms. The Morgan fingerprint density at radius 3 is 3.00 bits per heavy atom. The lowest BCUT2D eigenvalue weighted by Crippen LogP contribution is -2.00. The van der Waals surface area contributed by atoms with Gasteiger partial charge in [0.15, 0.2) is 5.65 Å². The molecule has 0 radical (unpaired) electrons. The van der Waals surface area contributed by atoms with Gasteiger partial charge in [0.1, 0.15) is 5.15 Å². The van der Waals surface area contributed by atoms with Crippen molar-refractivity contribution < 1.29 is 5.21 Å². The number of aromatic nitrogens is 3. The summed E-state index contributed by atoms with van der Waals surface area (Å²) in [6.45, 7) is 1.78.